The summed E-state index contributed by atoms with van der Waals surface area (Å²) < 4.78 is 26.6. The highest BCUT2D eigenvalue weighted by Gasteiger charge is 2.21. The van der Waals surface area contributed by atoms with Crippen molar-refractivity contribution in [2.24, 2.45) is 0 Å². The molecular formula is C19H24N2O3S. The van der Waals surface area contributed by atoms with Crippen molar-refractivity contribution in [3.8, 4) is 0 Å². The molecule has 6 heteroatoms. The van der Waals surface area contributed by atoms with E-state index in [0.29, 0.717) is 17.8 Å². The van der Waals surface area contributed by atoms with Gasteiger partial charge in [-0.2, -0.15) is 0 Å². The number of carbonyl (C=O) groups excluding carboxylic acids is 1. The molecular weight excluding hydrogens is 336 g/mol. The number of sulfonamides is 1. The zero-order valence-electron chi connectivity index (χ0n) is 14.6. The van der Waals surface area contributed by atoms with Crippen LogP contribution in [0.4, 0.5) is 5.69 Å². The lowest BCUT2D eigenvalue weighted by Gasteiger charge is -2.19. The molecule has 0 spiro atoms. The molecule has 0 aliphatic heterocycles. The molecule has 2 rings (SSSR count). The topological polar surface area (TPSA) is 66.5 Å². The number of para-hydroxylation sites is 1. The molecule has 0 saturated carbocycles. The number of hydrogen-bond donors (Lipinski definition) is 1. The lowest BCUT2D eigenvalue weighted by Crippen LogP contribution is -2.27. The fraction of sp³-hybridized carbons (Fsp3) is 0.316. The molecule has 134 valence electrons. The van der Waals surface area contributed by atoms with Crippen LogP contribution in [0.2, 0.25) is 0 Å². The van der Waals surface area contributed by atoms with E-state index in [1.54, 1.807) is 36.4 Å². The van der Waals surface area contributed by atoms with Crippen LogP contribution in [0.15, 0.2) is 59.5 Å². The van der Waals surface area contributed by atoms with Crippen molar-refractivity contribution in [1.82, 2.24) is 5.32 Å². The Bertz CT molecular complexity index is 787. The maximum Gasteiger partial charge on any atom is 0.264 e. The van der Waals surface area contributed by atoms with Gasteiger partial charge < -0.3 is 5.32 Å². The van der Waals surface area contributed by atoms with E-state index in [4.69, 9.17) is 0 Å². The monoisotopic (exact) mass is 360 g/mol. The Morgan fingerprint density at radius 3 is 2.24 bits per heavy atom. The summed E-state index contributed by atoms with van der Waals surface area (Å²) in [6.45, 7) is 2.73. The van der Waals surface area contributed by atoms with Gasteiger partial charge in [0, 0.05) is 19.2 Å². The molecule has 0 aliphatic carbocycles. The van der Waals surface area contributed by atoms with Crippen LogP contribution in [-0.4, -0.2) is 27.9 Å². The Kier molecular flexibility index (Phi) is 6.58. The van der Waals surface area contributed by atoms with E-state index in [0.717, 1.165) is 19.3 Å². The van der Waals surface area contributed by atoms with Crippen molar-refractivity contribution in [2.45, 2.75) is 31.1 Å². The van der Waals surface area contributed by atoms with E-state index >= 15 is 0 Å². The van der Waals surface area contributed by atoms with Gasteiger partial charge in [0.05, 0.1) is 10.6 Å². The smallest absolute Gasteiger partial charge is 0.264 e. The third kappa shape index (κ3) is 4.82. The quantitative estimate of drug-likeness (QED) is 0.734. The molecule has 0 bridgehead atoms. The van der Waals surface area contributed by atoms with Crippen LogP contribution < -0.4 is 9.62 Å². The number of nitrogens with zero attached hydrogens (tertiary/aromatic N) is 1. The Hall–Kier alpha value is -2.34. The number of unbranched alkanes of at least 4 members (excludes halogenated alkanes) is 2. The summed E-state index contributed by atoms with van der Waals surface area (Å²) in [4.78, 5) is 12.2. The minimum atomic E-state index is -3.66. The molecule has 0 atom stereocenters. The first kappa shape index (κ1) is 19.0. The first-order chi connectivity index (χ1) is 12.0. The van der Waals surface area contributed by atoms with E-state index in [2.05, 4.69) is 12.2 Å². The second-order valence-electron chi connectivity index (χ2n) is 5.80. The van der Waals surface area contributed by atoms with Gasteiger partial charge in [0.25, 0.3) is 15.9 Å². The van der Waals surface area contributed by atoms with Crippen LogP contribution in [0.3, 0.4) is 0 Å². The number of rotatable bonds is 8. The Morgan fingerprint density at radius 2 is 1.64 bits per heavy atom. The summed E-state index contributed by atoms with van der Waals surface area (Å²) >= 11 is 0. The van der Waals surface area contributed by atoms with Crippen LogP contribution in [0, 0.1) is 0 Å². The lowest BCUT2D eigenvalue weighted by molar-refractivity contribution is 0.0953. The van der Waals surface area contributed by atoms with Crippen molar-refractivity contribution in [1.29, 1.82) is 0 Å². The third-order valence-corrected chi connectivity index (χ3v) is 5.76. The van der Waals surface area contributed by atoms with E-state index in [9.17, 15) is 13.2 Å². The van der Waals surface area contributed by atoms with Gasteiger partial charge in [-0.25, -0.2) is 8.42 Å². The minimum Gasteiger partial charge on any atom is -0.352 e. The van der Waals surface area contributed by atoms with Crippen LogP contribution in [0.5, 0.6) is 0 Å². The maximum absolute atomic E-state index is 12.7. The molecule has 0 radical (unpaired) electrons. The van der Waals surface area contributed by atoms with Gasteiger partial charge in [-0.3, -0.25) is 9.10 Å². The molecule has 0 aromatic heterocycles. The van der Waals surface area contributed by atoms with Crippen molar-refractivity contribution in [2.75, 3.05) is 17.9 Å². The highest BCUT2D eigenvalue weighted by atomic mass is 32.2. The number of anilines is 1. The Balaban J connectivity index is 2.09. The van der Waals surface area contributed by atoms with Crippen molar-refractivity contribution in [3.05, 3.63) is 60.2 Å². The van der Waals surface area contributed by atoms with Crippen LogP contribution in [0.1, 0.15) is 36.5 Å². The molecule has 0 unspecified atom stereocenters. The number of benzene rings is 2. The van der Waals surface area contributed by atoms with Gasteiger partial charge in [0.15, 0.2) is 0 Å². The van der Waals surface area contributed by atoms with Gasteiger partial charge in [0.1, 0.15) is 0 Å². The molecule has 0 saturated heterocycles. The number of nitrogens with one attached hydrogen (secondary N) is 1. The molecule has 25 heavy (non-hydrogen) atoms. The molecule has 0 heterocycles. The standard InChI is InChI=1S/C19H24N2O3S/c1-3-4-8-15-20-19(22)16-11-13-18(14-12-16)25(23,24)21(2)17-9-6-5-7-10-17/h5-7,9-14H,3-4,8,15H2,1-2H3,(H,20,22). The molecule has 0 fully saturated rings. The molecule has 2 aromatic carbocycles. The fourth-order valence-electron chi connectivity index (χ4n) is 2.39. The molecule has 5 nitrogen and oxygen atoms in total. The predicted octanol–water partition coefficient (Wildman–Crippen LogP) is 3.43. The van der Waals surface area contributed by atoms with E-state index < -0.39 is 10.0 Å². The summed E-state index contributed by atoms with van der Waals surface area (Å²) in [6, 6.07) is 14.9. The number of amides is 1. The van der Waals surface area contributed by atoms with E-state index in [-0.39, 0.29) is 10.8 Å². The minimum absolute atomic E-state index is 0.154. The second-order valence-corrected chi connectivity index (χ2v) is 7.76. The third-order valence-electron chi connectivity index (χ3n) is 3.96. The first-order valence-electron chi connectivity index (χ1n) is 8.39. The van der Waals surface area contributed by atoms with Crippen molar-refractivity contribution < 1.29 is 13.2 Å². The first-order valence-corrected chi connectivity index (χ1v) is 9.83. The van der Waals surface area contributed by atoms with Crippen LogP contribution in [-0.2, 0) is 10.0 Å². The summed E-state index contributed by atoms with van der Waals surface area (Å²) in [5, 5.41) is 2.84. The molecule has 0 aliphatic rings. The van der Waals surface area contributed by atoms with Crippen LogP contribution in [0.25, 0.3) is 0 Å². The van der Waals surface area contributed by atoms with Gasteiger partial charge in [-0.05, 0) is 42.8 Å². The van der Waals surface area contributed by atoms with Crippen molar-refractivity contribution in [3.63, 3.8) is 0 Å². The maximum atomic E-state index is 12.7. The summed E-state index contributed by atoms with van der Waals surface area (Å²) in [5.74, 6) is -0.184. The number of carbonyl (C=O) groups is 1. The average molecular weight is 360 g/mol. The molecule has 1 N–H and O–H groups in total. The van der Waals surface area contributed by atoms with Crippen LogP contribution >= 0.6 is 0 Å². The number of hydrogen-bond acceptors (Lipinski definition) is 3. The predicted molar refractivity (Wildman–Crippen MR) is 100 cm³/mol. The van der Waals surface area contributed by atoms with E-state index in [1.165, 1.54) is 23.5 Å². The van der Waals surface area contributed by atoms with Gasteiger partial charge in [-0.15, -0.1) is 0 Å². The van der Waals surface area contributed by atoms with Gasteiger partial charge in [0.2, 0.25) is 0 Å². The van der Waals surface area contributed by atoms with Gasteiger partial charge >= 0.3 is 0 Å². The Morgan fingerprint density at radius 1 is 1.00 bits per heavy atom. The highest BCUT2D eigenvalue weighted by Crippen LogP contribution is 2.21. The zero-order chi connectivity index (χ0) is 18.3. The lowest BCUT2D eigenvalue weighted by atomic mass is 10.2. The van der Waals surface area contributed by atoms with Gasteiger partial charge in [-0.1, -0.05) is 38.0 Å². The SMILES string of the molecule is CCCCCNC(=O)c1ccc(S(=O)(=O)N(C)c2ccccc2)cc1. The van der Waals surface area contributed by atoms with E-state index in [1.807, 2.05) is 6.07 Å². The summed E-state index contributed by atoms with van der Waals surface area (Å²) in [5.41, 5.74) is 1.04. The zero-order valence-corrected chi connectivity index (χ0v) is 15.4. The normalized spacial score (nSPS) is 11.1. The molecule has 1 amide bonds. The average Bonchev–Trinajstić information content (AvgIpc) is 2.65. The largest absolute Gasteiger partial charge is 0.352 e. The van der Waals surface area contributed by atoms with Crippen molar-refractivity contribution >= 4 is 21.6 Å². The Labute approximate surface area is 149 Å². The summed E-state index contributed by atoms with van der Waals surface area (Å²) in [7, 11) is -2.14. The molecule has 2 aromatic rings. The summed E-state index contributed by atoms with van der Waals surface area (Å²) in [6.07, 6.45) is 3.11. The second kappa shape index (κ2) is 8.67. The fourth-order valence-corrected chi connectivity index (χ4v) is 3.59. The highest BCUT2D eigenvalue weighted by molar-refractivity contribution is 7.92.